The Morgan fingerprint density at radius 1 is 1.00 bits per heavy atom. The quantitative estimate of drug-likeness (QED) is 0.158. The smallest absolute Gasteiger partial charge is 0.264 e. The topological polar surface area (TPSA) is 108 Å². The monoisotopic (exact) mass is 685 g/mol. The van der Waals surface area contributed by atoms with Gasteiger partial charge in [-0.25, -0.2) is 13.5 Å². The standard InChI is InChI=1S/C32H28Cl2F2N5O4P/c1-45-27-17-40(30(42)16-23(27)22-14-20(33)9-11-25(22)41-18-29(34)38-39-41)26(13-19-7-5-4-6-8-19)32(43)37-21-10-12-28(46(2,3)44)24(15-21)31(35)36/h4-12,14-18,26,31H,13H2,1-3H3,(H,37,43). The summed E-state index contributed by atoms with van der Waals surface area (Å²) in [4.78, 5) is 27.7. The van der Waals surface area contributed by atoms with Gasteiger partial charge in [-0.15, -0.1) is 5.10 Å². The van der Waals surface area contributed by atoms with Gasteiger partial charge >= 0.3 is 0 Å². The third-order valence-corrected chi connectivity index (χ3v) is 9.22. The molecule has 2 aromatic heterocycles. The van der Waals surface area contributed by atoms with E-state index in [2.05, 4.69) is 15.6 Å². The van der Waals surface area contributed by atoms with E-state index in [1.807, 2.05) is 18.2 Å². The number of aromatic nitrogens is 4. The van der Waals surface area contributed by atoms with Crippen LogP contribution in [-0.2, 0) is 15.8 Å². The number of halogens is 4. The highest BCUT2D eigenvalue weighted by atomic mass is 35.5. The molecule has 0 aliphatic carbocycles. The van der Waals surface area contributed by atoms with Gasteiger partial charge in [0.2, 0.25) is 5.91 Å². The molecule has 0 fully saturated rings. The van der Waals surface area contributed by atoms with E-state index in [4.69, 9.17) is 27.9 Å². The molecule has 0 saturated carbocycles. The molecule has 0 radical (unpaired) electrons. The molecule has 46 heavy (non-hydrogen) atoms. The molecule has 0 bridgehead atoms. The number of carbonyl (C=O) groups is 1. The van der Waals surface area contributed by atoms with E-state index < -0.39 is 36.6 Å². The molecule has 1 unspecified atom stereocenters. The van der Waals surface area contributed by atoms with Crippen molar-refractivity contribution in [3.05, 3.63) is 117 Å². The number of nitrogens with zero attached hydrogens (tertiary/aromatic N) is 4. The van der Waals surface area contributed by atoms with E-state index in [9.17, 15) is 22.9 Å². The number of hydrogen-bond acceptors (Lipinski definition) is 6. The predicted molar refractivity (Wildman–Crippen MR) is 176 cm³/mol. The van der Waals surface area contributed by atoms with E-state index in [-0.39, 0.29) is 28.3 Å². The van der Waals surface area contributed by atoms with Crippen LogP contribution in [0.3, 0.4) is 0 Å². The van der Waals surface area contributed by atoms with Gasteiger partial charge in [-0.05, 0) is 55.3 Å². The fourth-order valence-corrected chi connectivity index (χ4v) is 6.62. The number of nitrogens with one attached hydrogen (secondary N) is 1. The number of carbonyl (C=O) groups excluding carboxylic acids is 1. The molecule has 5 rings (SSSR count). The van der Waals surface area contributed by atoms with Crippen molar-refractivity contribution in [2.24, 2.45) is 0 Å². The van der Waals surface area contributed by atoms with Gasteiger partial charge in [-0.1, -0.05) is 58.7 Å². The lowest BCUT2D eigenvalue weighted by molar-refractivity contribution is -0.119. The Kier molecular flexibility index (Phi) is 9.76. The van der Waals surface area contributed by atoms with Crippen LogP contribution >= 0.6 is 30.3 Å². The minimum Gasteiger partial charge on any atom is -0.495 e. The maximum absolute atomic E-state index is 13.9. The van der Waals surface area contributed by atoms with E-state index in [0.29, 0.717) is 21.8 Å². The Morgan fingerprint density at radius 2 is 1.74 bits per heavy atom. The van der Waals surface area contributed by atoms with Gasteiger partial charge in [0, 0.05) is 45.2 Å². The second-order valence-corrected chi connectivity index (χ2v) is 14.8. The van der Waals surface area contributed by atoms with Crippen molar-refractivity contribution < 1.29 is 22.9 Å². The number of pyridine rings is 1. The van der Waals surface area contributed by atoms with Crippen molar-refractivity contribution in [3.63, 3.8) is 0 Å². The normalized spacial score (nSPS) is 12.3. The fraction of sp³-hybridized carbons (Fsp3) is 0.188. The summed E-state index contributed by atoms with van der Waals surface area (Å²) in [6, 6.07) is 18.1. The van der Waals surface area contributed by atoms with Gasteiger partial charge < -0.3 is 14.6 Å². The first-order chi connectivity index (χ1) is 21.8. The summed E-state index contributed by atoms with van der Waals surface area (Å²) in [6.45, 7) is 2.80. The highest BCUT2D eigenvalue weighted by Crippen LogP contribution is 2.40. The molecular formula is C32H28Cl2F2N5O4P. The van der Waals surface area contributed by atoms with Crippen molar-refractivity contribution in [1.82, 2.24) is 19.6 Å². The number of anilines is 1. The van der Waals surface area contributed by atoms with Crippen LogP contribution in [0, 0.1) is 0 Å². The highest BCUT2D eigenvalue weighted by molar-refractivity contribution is 7.70. The van der Waals surface area contributed by atoms with Gasteiger partial charge in [0.25, 0.3) is 12.0 Å². The summed E-state index contributed by atoms with van der Waals surface area (Å²) in [5.41, 5.74) is 1.22. The van der Waals surface area contributed by atoms with Gasteiger partial charge in [-0.3, -0.25) is 14.2 Å². The molecule has 0 aliphatic rings. The molecule has 0 saturated heterocycles. The van der Waals surface area contributed by atoms with Gasteiger partial charge in [0.1, 0.15) is 18.9 Å². The highest BCUT2D eigenvalue weighted by Gasteiger charge is 2.27. The van der Waals surface area contributed by atoms with Gasteiger partial charge in [0.15, 0.2) is 5.15 Å². The third kappa shape index (κ3) is 7.22. The largest absolute Gasteiger partial charge is 0.495 e. The van der Waals surface area contributed by atoms with Crippen LogP contribution < -0.4 is 20.9 Å². The van der Waals surface area contributed by atoms with Crippen LogP contribution in [0.2, 0.25) is 10.2 Å². The summed E-state index contributed by atoms with van der Waals surface area (Å²) in [6.07, 6.45) is 0.0914. The molecule has 1 atom stereocenters. The predicted octanol–water partition coefficient (Wildman–Crippen LogP) is 7.02. The Labute approximate surface area is 273 Å². The van der Waals surface area contributed by atoms with Crippen LogP contribution in [-0.4, -0.2) is 45.9 Å². The number of hydrogen-bond donors (Lipinski definition) is 1. The van der Waals surface area contributed by atoms with Crippen LogP contribution in [0.15, 0.2) is 90.0 Å². The fourth-order valence-electron chi connectivity index (χ4n) is 5.11. The average Bonchev–Trinajstić information content (AvgIpc) is 3.45. The lowest BCUT2D eigenvalue weighted by Gasteiger charge is -2.22. The zero-order chi connectivity index (χ0) is 33.2. The maximum atomic E-state index is 13.9. The third-order valence-electron chi connectivity index (χ3n) is 7.25. The second-order valence-electron chi connectivity index (χ2n) is 10.8. The molecular weight excluding hydrogens is 658 g/mol. The zero-order valence-electron chi connectivity index (χ0n) is 24.8. The number of amides is 1. The van der Waals surface area contributed by atoms with E-state index >= 15 is 0 Å². The van der Waals surface area contributed by atoms with Crippen molar-refractivity contribution in [1.29, 1.82) is 0 Å². The molecule has 1 amide bonds. The zero-order valence-corrected chi connectivity index (χ0v) is 27.2. The number of alkyl halides is 2. The Morgan fingerprint density at radius 3 is 2.37 bits per heavy atom. The average molecular weight is 686 g/mol. The summed E-state index contributed by atoms with van der Waals surface area (Å²) in [5.74, 6) is -0.392. The number of benzene rings is 3. The maximum Gasteiger partial charge on any atom is 0.264 e. The lowest BCUT2D eigenvalue weighted by atomic mass is 10.0. The van der Waals surface area contributed by atoms with Crippen molar-refractivity contribution in [2.75, 3.05) is 25.8 Å². The van der Waals surface area contributed by atoms with Gasteiger partial charge in [-0.2, -0.15) is 0 Å². The SMILES string of the molecule is COc1cn(C(Cc2ccccc2)C(=O)Nc2ccc(P(C)(C)=O)c(C(F)F)c2)c(=O)cc1-c1cc(Cl)ccc1-n1cc(Cl)nn1. The second kappa shape index (κ2) is 13.6. The Bertz CT molecular complexity index is 2010. The number of methoxy groups -OCH3 is 1. The first kappa shape index (κ1) is 33.1. The Balaban J connectivity index is 1.60. The minimum absolute atomic E-state index is 0.0337. The van der Waals surface area contributed by atoms with Crippen LogP contribution in [0.5, 0.6) is 5.75 Å². The summed E-state index contributed by atoms with van der Waals surface area (Å²) < 4.78 is 48.9. The molecule has 2 heterocycles. The van der Waals surface area contributed by atoms with Crippen LogP contribution in [0.4, 0.5) is 14.5 Å². The summed E-state index contributed by atoms with van der Waals surface area (Å²) in [5, 5.41) is 11.1. The molecule has 1 N–H and O–H groups in total. The van der Waals surface area contributed by atoms with E-state index in [1.54, 1.807) is 30.3 Å². The Hall–Kier alpha value is -4.31. The molecule has 3 aromatic carbocycles. The first-order valence-corrected chi connectivity index (χ1v) is 17.2. The van der Waals surface area contributed by atoms with Crippen molar-refractivity contribution in [2.45, 2.75) is 18.9 Å². The molecule has 9 nitrogen and oxygen atoms in total. The van der Waals surface area contributed by atoms with Crippen molar-refractivity contribution in [3.8, 4) is 22.6 Å². The minimum atomic E-state index is -3.02. The van der Waals surface area contributed by atoms with Gasteiger partial charge in [0.05, 0.1) is 25.2 Å². The summed E-state index contributed by atoms with van der Waals surface area (Å²) >= 11 is 12.3. The number of rotatable bonds is 10. The first-order valence-electron chi connectivity index (χ1n) is 13.9. The molecule has 5 aromatic rings. The van der Waals surface area contributed by atoms with E-state index in [1.165, 1.54) is 60.3 Å². The van der Waals surface area contributed by atoms with Crippen LogP contribution in [0.25, 0.3) is 16.8 Å². The molecule has 0 spiro atoms. The number of ether oxygens (including phenoxy) is 1. The van der Waals surface area contributed by atoms with Crippen LogP contribution in [0.1, 0.15) is 23.6 Å². The summed E-state index contributed by atoms with van der Waals surface area (Å²) in [7, 11) is -1.60. The van der Waals surface area contributed by atoms with Crippen molar-refractivity contribution >= 4 is 47.2 Å². The molecule has 238 valence electrons. The van der Waals surface area contributed by atoms with E-state index in [0.717, 1.165) is 11.6 Å². The molecule has 0 aliphatic heterocycles. The molecule has 14 heteroatoms. The lowest BCUT2D eigenvalue weighted by Crippen LogP contribution is -2.34.